The number of anilines is 1. The zero-order valence-corrected chi connectivity index (χ0v) is 24.2. The molecule has 1 amide bonds. The van der Waals surface area contributed by atoms with Crippen molar-refractivity contribution in [3.63, 3.8) is 0 Å². The van der Waals surface area contributed by atoms with Gasteiger partial charge in [-0.05, 0) is 71.8 Å². The summed E-state index contributed by atoms with van der Waals surface area (Å²) < 4.78 is 53.7. The summed E-state index contributed by atoms with van der Waals surface area (Å²) in [6.45, 7) is 0.495. The summed E-state index contributed by atoms with van der Waals surface area (Å²) in [7, 11) is -0.560. The topological polar surface area (TPSA) is 88.8 Å². The van der Waals surface area contributed by atoms with Crippen molar-refractivity contribution < 1.29 is 26.8 Å². The van der Waals surface area contributed by atoms with Crippen molar-refractivity contribution in [2.45, 2.75) is 31.9 Å². The standard InChI is InChI=1S/C29H28BrFN2O5S/c1-32-29(34)27-23-13-22(18-5-6-18)25(14-26(23)38-28(27)19-7-9-21(31)10-8-19)33(39(3,35)36)15-17-4-11-24(30)20(12-17)16-37-2/h4,7-14,18H,5-6,15-16H2,1-3H3,(H,32,34). The third-order valence-corrected chi connectivity index (χ3v) is 8.72. The number of hydrogen-bond donors (Lipinski definition) is 1. The van der Waals surface area contributed by atoms with Gasteiger partial charge in [0.1, 0.15) is 17.2 Å². The quantitative estimate of drug-likeness (QED) is 0.237. The molecule has 39 heavy (non-hydrogen) atoms. The summed E-state index contributed by atoms with van der Waals surface area (Å²) in [6.07, 6.45) is 3.03. The fourth-order valence-electron chi connectivity index (χ4n) is 4.78. The molecule has 0 saturated heterocycles. The molecule has 7 nitrogen and oxygen atoms in total. The fourth-order valence-corrected chi connectivity index (χ4v) is 6.04. The Morgan fingerprint density at radius 3 is 2.49 bits per heavy atom. The Balaban J connectivity index is 1.69. The molecular formula is C29H28BrFN2O5S. The van der Waals surface area contributed by atoms with Crippen molar-refractivity contribution in [1.82, 2.24) is 5.32 Å². The fraction of sp³-hybridized carbons (Fsp3) is 0.276. The van der Waals surface area contributed by atoms with Crippen LogP contribution in [0.25, 0.3) is 22.3 Å². The molecule has 3 aromatic carbocycles. The van der Waals surface area contributed by atoms with Gasteiger partial charge in [-0.3, -0.25) is 9.10 Å². The predicted molar refractivity (Wildman–Crippen MR) is 153 cm³/mol. The van der Waals surface area contributed by atoms with Crippen LogP contribution in [0.1, 0.15) is 45.8 Å². The highest BCUT2D eigenvalue weighted by molar-refractivity contribution is 9.10. The Bertz CT molecular complexity index is 1660. The van der Waals surface area contributed by atoms with Crippen LogP contribution in [0.4, 0.5) is 10.1 Å². The largest absolute Gasteiger partial charge is 0.455 e. The van der Waals surface area contributed by atoms with E-state index >= 15 is 0 Å². The molecule has 10 heteroatoms. The number of furan rings is 1. The highest BCUT2D eigenvalue weighted by atomic mass is 79.9. The molecule has 0 radical (unpaired) electrons. The lowest BCUT2D eigenvalue weighted by atomic mass is 10.00. The molecule has 1 aromatic heterocycles. The number of carbonyl (C=O) groups is 1. The smallest absolute Gasteiger partial charge is 0.255 e. The van der Waals surface area contributed by atoms with Crippen LogP contribution >= 0.6 is 15.9 Å². The van der Waals surface area contributed by atoms with E-state index in [1.807, 2.05) is 24.3 Å². The summed E-state index contributed by atoms with van der Waals surface area (Å²) in [5.74, 6) is -0.279. The molecule has 1 heterocycles. The summed E-state index contributed by atoms with van der Waals surface area (Å²) in [6, 6.07) is 15.0. The van der Waals surface area contributed by atoms with Crippen molar-refractivity contribution in [2.75, 3.05) is 24.7 Å². The third kappa shape index (κ3) is 5.59. The lowest BCUT2D eigenvalue weighted by Crippen LogP contribution is -2.30. The predicted octanol–water partition coefficient (Wildman–Crippen LogP) is 6.35. The van der Waals surface area contributed by atoms with Crippen LogP contribution in [0.2, 0.25) is 0 Å². The van der Waals surface area contributed by atoms with Crippen molar-refractivity contribution in [1.29, 1.82) is 0 Å². The number of halogens is 2. The maximum atomic E-state index is 13.6. The molecule has 204 valence electrons. The number of rotatable bonds is 9. The van der Waals surface area contributed by atoms with Crippen LogP contribution in [0.5, 0.6) is 0 Å². The van der Waals surface area contributed by atoms with Crippen molar-refractivity contribution >= 4 is 48.5 Å². The first kappa shape index (κ1) is 27.4. The maximum Gasteiger partial charge on any atom is 0.255 e. The second-order valence-electron chi connectivity index (χ2n) is 9.70. The van der Waals surface area contributed by atoms with Crippen molar-refractivity contribution in [2.24, 2.45) is 0 Å². The molecule has 1 aliphatic carbocycles. The Hall–Kier alpha value is -3.21. The molecular weight excluding hydrogens is 587 g/mol. The monoisotopic (exact) mass is 614 g/mol. The molecule has 0 spiro atoms. The van der Waals surface area contributed by atoms with Gasteiger partial charge < -0.3 is 14.5 Å². The van der Waals surface area contributed by atoms with Crippen LogP contribution in [0.15, 0.2) is 63.5 Å². The number of fused-ring (bicyclic) bond motifs is 1. The molecule has 1 saturated carbocycles. The van der Waals surface area contributed by atoms with Gasteiger partial charge in [-0.2, -0.15) is 0 Å². The van der Waals surface area contributed by atoms with Crippen molar-refractivity contribution in [3.05, 3.63) is 87.1 Å². The van der Waals surface area contributed by atoms with Gasteiger partial charge >= 0.3 is 0 Å². The lowest BCUT2D eigenvalue weighted by molar-refractivity contribution is 0.0964. The molecule has 5 rings (SSSR count). The van der Waals surface area contributed by atoms with E-state index < -0.39 is 15.8 Å². The van der Waals surface area contributed by atoms with Gasteiger partial charge in [0.05, 0.1) is 30.7 Å². The van der Waals surface area contributed by atoms with Gasteiger partial charge in [0, 0.05) is 35.6 Å². The molecule has 1 N–H and O–H groups in total. The Morgan fingerprint density at radius 2 is 1.87 bits per heavy atom. The highest BCUT2D eigenvalue weighted by Gasteiger charge is 2.33. The maximum absolute atomic E-state index is 13.6. The Labute approximate surface area is 235 Å². The average Bonchev–Trinajstić information content (AvgIpc) is 3.68. The number of ether oxygens (including phenoxy) is 1. The molecule has 0 aliphatic heterocycles. The number of carbonyl (C=O) groups excluding carboxylic acids is 1. The highest BCUT2D eigenvalue weighted by Crippen LogP contribution is 2.48. The average molecular weight is 616 g/mol. The van der Waals surface area contributed by atoms with E-state index in [2.05, 4.69) is 21.2 Å². The second-order valence-corrected chi connectivity index (χ2v) is 12.5. The normalized spacial score (nSPS) is 13.6. The first-order valence-corrected chi connectivity index (χ1v) is 15.1. The number of amides is 1. The van der Waals surface area contributed by atoms with E-state index in [9.17, 15) is 17.6 Å². The van der Waals surface area contributed by atoms with Crippen LogP contribution in [-0.2, 0) is 27.9 Å². The van der Waals surface area contributed by atoms with E-state index in [0.29, 0.717) is 40.2 Å². The van der Waals surface area contributed by atoms with Crippen molar-refractivity contribution in [3.8, 4) is 11.3 Å². The number of benzene rings is 3. The number of hydrogen-bond acceptors (Lipinski definition) is 5. The third-order valence-electron chi connectivity index (χ3n) is 6.82. The minimum atomic E-state index is -3.70. The Kier molecular flexibility index (Phi) is 7.54. The number of nitrogens with zero attached hydrogens (tertiary/aromatic N) is 1. The SMILES string of the molecule is CNC(=O)c1c(-c2ccc(F)cc2)oc2cc(N(Cc3ccc(Br)c(COC)c3)S(C)(=O)=O)c(C3CC3)cc12. The van der Waals surface area contributed by atoms with Gasteiger partial charge in [0.2, 0.25) is 10.0 Å². The van der Waals surface area contributed by atoms with E-state index in [1.54, 1.807) is 25.3 Å². The minimum absolute atomic E-state index is 0.113. The molecule has 1 aliphatic rings. The van der Waals surface area contributed by atoms with Crippen LogP contribution < -0.4 is 9.62 Å². The first-order chi connectivity index (χ1) is 18.6. The van der Waals surface area contributed by atoms with Crippen LogP contribution in [-0.4, -0.2) is 34.7 Å². The van der Waals surface area contributed by atoms with Gasteiger partial charge in [0.25, 0.3) is 5.91 Å². The van der Waals surface area contributed by atoms with E-state index in [1.165, 1.54) is 29.7 Å². The van der Waals surface area contributed by atoms with E-state index in [-0.39, 0.29) is 18.4 Å². The van der Waals surface area contributed by atoms with Gasteiger partial charge in [-0.15, -0.1) is 0 Å². The number of methoxy groups -OCH3 is 1. The van der Waals surface area contributed by atoms with Gasteiger partial charge in [0.15, 0.2) is 0 Å². The summed E-state index contributed by atoms with van der Waals surface area (Å²) in [5, 5.41) is 3.25. The molecule has 0 bridgehead atoms. The molecule has 4 aromatic rings. The Morgan fingerprint density at radius 1 is 1.15 bits per heavy atom. The summed E-state index contributed by atoms with van der Waals surface area (Å²) >= 11 is 3.52. The number of nitrogens with one attached hydrogen (secondary N) is 1. The summed E-state index contributed by atoms with van der Waals surface area (Å²) in [4.78, 5) is 13.0. The zero-order chi connectivity index (χ0) is 27.9. The summed E-state index contributed by atoms with van der Waals surface area (Å²) in [5.41, 5.74) is 4.32. The molecule has 1 fully saturated rings. The van der Waals surface area contributed by atoms with E-state index in [4.69, 9.17) is 9.15 Å². The second kappa shape index (κ2) is 10.7. The van der Waals surface area contributed by atoms with Crippen LogP contribution in [0.3, 0.4) is 0 Å². The van der Waals surface area contributed by atoms with Crippen LogP contribution in [0, 0.1) is 5.82 Å². The van der Waals surface area contributed by atoms with Gasteiger partial charge in [-0.1, -0.05) is 28.1 Å². The zero-order valence-electron chi connectivity index (χ0n) is 21.8. The molecule has 0 atom stereocenters. The lowest BCUT2D eigenvalue weighted by Gasteiger charge is -2.25. The molecule has 0 unspecified atom stereocenters. The minimum Gasteiger partial charge on any atom is -0.455 e. The van der Waals surface area contributed by atoms with E-state index in [0.717, 1.165) is 34.0 Å². The first-order valence-electron chi connectivity index (χ1n) is 12.4. The van der Waals surface area contributed by atoms with Gasteiger partial charge in [-0.25, -0.2) is 12.8 Å². The number of sulfonamides is 1.